The van der Waals surface area contributed by atoms with Crippen LogP contribution < -0.4 is 27.6 Å². The fourth-order valence-corrected chi connectivity index (χ4v) is 3.05. The predicted molar refractivity (Wildman–Crippen MR) is 122 cm³/mol. The van der Waals surface area contributed by atoms with Crippen molar-refractivity contribution >= 4 is 41.3 Å². The Hall–Kier alpha value is -4.54. The minimum absolute atomic E-state index is 0.00000165. The van der Waals surface area contributed by atoms with E-state index in [9.17, 15) is 13.6 Å². The normalized spacial score (nSPS) is 11.2. The molecule has 2 aromatic carbocycles. The van der Waals surface area contributed by atoms with Gasteiger partial charge in [-0.25, -0.2) is 18.8 Å². The number of nitrogen functional groups attached to an aromatic ring is 2. The fourth-order valence-electron chi connectivity index (χ4n) is 3.05. The number of anilines is 4. The van der Waals surface area contributed by atoms with E-state index >= 15 is 0 Å². The Morgan fingerprint density at radius 3 is 2.50 bits per heavy atom. The van der Waals surface area contributed by atoms with E-state index in [0.717, 1.165) is 17.1 Å². The highest BCUT2D eigenvalue weighted by Crippen LogP contribution is 2.32. The zero-order valence-electron chi connectivity index (χ0n) is 17.0. The van der Waals surface area contributed by atoms with E-state index in [1.807, 2.05) is 0 Å². The summed E-state index contributed by atoms with van der Waals surface area (Å²) >= 11 is 0. The van der Waals surface area contributed by atoms with Gasteiger partial charge in [-0.05, 0) is 35.9 Å². The van der Waals surface area contributed by atoms with E-state index in [-0.39, 0.29) is 23.1 Å². The maximum Gasteiger partial charge on any atom is 0.221 e. The molecule has 9 nitrogen and oxygen atoms in total. The summed E-state index contributed by atoms with van der Waals surface area (Å²) in [5, 5.41) is 10.9. The van der Waals surface area contributed by atoms with Gasteiger partial charge in [0.15, 0.2) is 11.7 Å². The van der Waals surface area contributed by atoms with E-state index in [0.29, 0.717) is 16.8 Å². The van der Waals surface area contributed by atoms with Crippen molar-refractivity contribution in [1.82, 2.24) is 4.98 Å². The first kappa shape index (κ1) is 22.2. The standard InChI is InChI=1S/C21H20F2N8O/c1-11(32)29-14-5-3-4-12(8-14)13-9-15(20(25)28-10-13)21(30-26)31(27-2)19-17(23)7-6-16(22)18(19)24/h3-10H,2,24,26H2,1H3,(H2,25,28)(H,29,32)/b30-21-. The maximum atomic E-state index is 14.5. The number of carbonyl (C=O) groups excluding carboxylic acids is 1. The Balaban J connectivity index is 2.12. The zero-order chi connectivity index (χ0) is 23.4. The smallest absolute Gasteiger partial charge is 0.221 e. The number of amides is 1. The lowest BCUT2D eigenvalue weighted by Crippen LogP contribution is -2.30. The van der Waals surface area contributed by atoms with Gasteiger partial charge in [-0.1, -0.05) is 12.1 Å². The van der Waals surface area contributed by atoms with Gasteiger partial charge in [0, 0.05) is 31.1 Å². The van der Waals surface area contributed by atoms with E-state index in [4.69, 9.17) is 17.3 Å². The number of amidine groups is 1. The zero-order valence-corrected chi connectivity index (χ0v) is 17.0. The molecule has 7 N–H and O–H groups in total. The minimum atomic E-state index is -0.872. The molecule has 0 saturated carbocycles. The lowest BCUT2D eigenvalue weighted by molar-refractivity contribution is -0.114. The maximum absolute atomic E-state index is 14.5. The molecule has 164 valence electrons. The van der Waals surface area contributed by atoms with E-state index in [1.165, 1.54) is 13.1 Å². The summed E-state index contributed by atoms with van der Waals surface area (Å²) in [5.74, 6) is 3.44. The van der Waals surface area contributed by atoms with Gasteiger partial charge in [0.25, 0.3) is 0 Å². The number of benzene rings is 2. The second-order valence-corrected chi connectivity index (χ2v) is 6.62. The third-order valence-electron chi connectivity index (χ3n) is 4.47. The van der Waals surface area contributed by atoms with E-state index in [1.54, 1.807) is 30.3 Å². The molecule has 1 amide bonds. The number of hydrazone groups is 2. The van der Waals surface area contributed by atoms with Gasteiger partial charge in [-0.3, -0.25) is 4.79 Å². The molecule has 0 unspecified atom stereocenters. The molecular weight excluding hydrogens is 418 g/mol. The van der Waals surface area contributed by atoms with Gasteiger partial charge < -0.3 is 22.6 Å². The summed E-state index contributed by atoms with van der Waals surface area (Å²) in [5.41, 5.74) is 12.8. The SMILES string of the molecule is C=NN(/C(=N\N)c1cc(-c2cccc(NC(C)=O)c2)cnc1N)c1c(F)ccc(F)c1N. The van der Waals surface area contributed by atoms with Crippen LogP contribution in [-0.2, 0) is 4.79 Å². The van der Waals surface area contributed by atoms with Crippen LogP contribution in [0.2, 0.25) is 0 Å². The van der Waals surface area contributed by atoms with Crippen molar-refractivity contribution in [3.05, 3.63) is 65.9 Å². The lowest BCUT2D eigenvalue weighted by Gasteiger charge is -2.23. The number of nitrogens with zero attached hydrogens (tertiary/aromatic N) is 4. The molecule has 3 rings (SSSR count). The molecule has 0 bridgehead atoms. The molecule has 1 aromatic heterocycles. The Bertz CT molecular complexity index is 1230. The van der Waals surface area contributed by atoms with E-state index in [2.05, 4.69) is 27.2 Å². The number of rotatable bonds is 5. The highest BCUT2D eigenvalue weighted by atomic mass is 19.1. The summed E-state index contributed by atoms with van der Waals surface area (Å²) in [6.45, 7) is 4.78. The summed E-state index contributed by atoms with van der Waals surface area (Å²) in [7, 11) is 0. The van der Waals surface area contributed by atoms with Crippen molar-refractivity contribution < 1.29 is 13.6 Å². The van der Waals surface area contributed by atoms with Crippen LogP contribution in [0.1, 0.15) is 12.5 Å². The molecule has 1 heterocycles. The Kier molecular flexibility index (Phi) is 6.29. The molecule has 0 aliphatic carbocycles. The number of pyridine rings is 1. The third kappa shape index (κ3) is 4.31. The monoisotopic (exact) mass is 438 g/mol. The summed E-state index contributed by atoms with van der Waals surface area (Å²) in [6, 6.07) is 10.3. The van der Waals surface area contributed by atoms with E-state index < -0.39 is 23.0 Å². The van der Waals surface area contributed by atoms with Crippen molar-refractivity contribution in [2.45, 2.75) is 6.92 Å². The van der Waals surface area contributed by atoms with Gasteiger partial charge in [-0.2, -0.15) is 10.2 Å². The molecule has 0 atom stereocenters. The molecular formula is C21H20F2N8O. The number of aromatic nitrogens is 1. The van der Waals surface area contributed by atoms with Crippen molar-refractivity contribution in [1.29, 1.82) is 0 Å². The lowest BCUT2D eigenvalue weighted by atomic mass is 10.0. The van der Waals surface area contributed by atoms with Crippen molar-refractivity contribution in [3.8, 4) is 11.1 Å². The number of hydrogen-bond donors (Lipinski definition) is 4. The first-order valence-electron chi connectivity index (χ1n) is 9.18. The quantitative estimate of drug-likeness (QED) is 0.158. The molecule has 0 fully saturated rings. The molecule has 11 heteroatoms. The second-order valence-electron chi connectivity index (χ2n) is 6.62. The summed E-state index contributed by atoms with van der Waals surface area (Å²) < 4.78 is 28.5. The van der Waals surface area contributed by atoms with Crippen LogP contribution >= 0.6 is 0 Å². The van der Waals surface area contributed by atoms with Crippen LogP contribution in [0.25, 0.3) is 11.1 Å². The highest BCUT2D eigenvalue weighted by Gasteiger charge is 2.25. The van der Waals surface area contributed by atoms with Crippen molar-refractivity contribution in [2.75, 3.05) is 21.8 Å². The average molecular weight is 438 g/mol. The summed E-state index contributed by atoms with van der Waals surface area (Å²) in [6.07, 6.45) is 1.50. The van der Waals surface area contributed by atoms with Crippen LogP contribution in [0.15, 0.2) is 58.9 Å². The van der Waals surface area contributed by atoms with Gasteiger partial charge in [0.05, 0.1) is 11.3 Å². The van der Waals surface area contributed by atoms with Crippen LogP contribution in [0.5, 0.6) is 0 Å². The fraction of sp³-hybridized carbons (Fsp3) is 0.0476. The predicted octanol–water partition coefficient (Wildman–Crippen LogP) is 2.89. The number of nitrogens with one attached hydrogen (secondary N) is 1. The van der Waals surface area contributed by atoms with Gasteiger partial charge >= 0.3 is 0 Å². The number of hydrogen-bond acceptors (Lipinski definition) is 7. The molecule has 0 aliphatic rings. The first-order valence-corrected chi connectivity index (χ1v) is 9.18. The van der Waals surface area contributed by atoms with Crippen LogP contribution in [0.4, 0.5) is 31.7 Å². The average Bonchev–Trinajstić information content (AvgIpc) is 2.76. The Morgan fingerprint density at radius 1 is 1.12 bits per heavy atom. The number of carbonyl (C=O) groups is 1. The highest BCUT2D eigenvalue weighted by molar-refractivity contribution is 6.13. The molecule has 0 radical (unpaired) electrons. The van der Waals surface area contributed by atoms with Crippen LogP contribution in [0.3, 0.4) is 0 Å². The number of nitrogens with two attached hydrogens (primary N) is 3. The molecule has 0 spiro atoms. The van der Waals surface area contributed by atoms with Crippen LogP contribution in [-0.4, -0.2) is 23.4 Å². The second kappa shape index (κ2) is 9.08. The van der Waals surface area contributed by atoms with Gasteiger partial charge in [-0.15, -0.1) is 0 Å². The van der Waals surface area contributed by atoms with Crippen molar-refractivity contribution in [2.24, 2.45) is 16.0 Å². The largest absolute Gasteiger partial charge is 0.395 e. The number of halogens is 2. The van der Waals surface area contributed by atoms with Crippen LogP contribution in [0, 0.1) is 11.6 Å². The molecule has 32 heavy (non-hydrogen) atoms. The minimum Gasteiger partial charge on any atom is -0.395 e. The topological polar surface area (TPSA) is 148 Å². The molecule has 3 aromatic rings. The third-order valence-corrected chi connectivity index (χ3v) is 4.47. The first-order chi connectivity index (χ1) is 15.3. The molecule has 0 aliphatic heterocycles. The van der Waals surface area contributed by atoms with Gasteiger partial charge in [0.1, 0.15) is 17.3 Å². The van der Waals surface area contributed by atoms with Gasteiger partial charge in [0.2, 0.25) is 5.91 Å². The Labute approximate surface area is 182 Å². The Morgan fingerprint density at radius 2 is 1.84 bits per heavy atom. The summed E-state index contributed by atoms with van der Waals surface area (Å²) in [4.78, 5) is 15.5. The molecule has 0 saturated heterocycles. The van der Waals surface area contributed by atoms with Crippen molar-refractivity contribution in [3.63, 3.8) is 0 Å².